The van der Waals surface area contributed by atoms with Crippen molar-refractivity contribution < 1.29 is 14.2 Å². The van der Waals surface area contributed by atoms with Crippen molar-refractivity contribution in [1.29, 1.82) is 0 Å². The second-order valence-corrected chi connectivity index (χ2v) is 5.79. The quantitative estimate of drug-likeness (QED) is 0.353. The Hall–Kier alpha value is -1.22. The maximum absolute atomic E-state index is 5.63. The molecular weight excluding hydrogens is 433 g/mol. The van der Waals surface area contributed by atoms with Crippen LogP contribution < -0.4 is 20.1 Å². The number of hydrogen-bond acceptors (Lipinski definition) is 4. The van der Waals surface area contributed by atoms with Crippen LogP contribution in [0.3, 0.4) is 0 Å². The Labute approximate surface area is 167 Å². The van der Waals surface area contributed by atoms with Crippen LogP contribution >= 0.6 is 24.0 Å². The third-order valence-corrected chi connectivity index (χ3v) is 4.16. The van der Waals surface area contributed by atoms with Crippen LogP contribution in [0.15, 0.2) is 23.2 Å². The van der Waals surface area contributed by atoms with Gasteiger partial charge in [-0.3, -0.25) is 4.99 Å². The largest absolute Gasteiger partial charge is 0.493 e. The first-order valence-electron chi connectivity index (χ1n) is 8.54. The van der Waals surface area contributed by atoms with Gasteiger partial charge in [-0.05, 0) is 43.4 Å². The summed E-state index contributed by atoms with van der Waals surface area (Å²) in [6.07, 6.45) is 4.67. The number of nitrogens with one attached hydrogen (secondary N) is 2. The van der Waals surface area contributed by atoms with Gasteiger partial charge >= 0.3 is 0 Å². The lowest BCUT2D eigenvalue weighted by atomic mass is 10.1. The molecule has 1 aromatic carbocycles. The van der Waals surface area contributed by atoms with E-state index in [1.165, 1.54) is 18.4 Å². The monoisotopic (exact) mass is 463 g/mol. The van der Waals surface area contributed by atoms with Gasteiger partial charge in [0.05, 0.1) is 20.3 Å². The van der Waals surface area contributed by atoms with E-state index in [0.29, 0.717) is 6.10 Å². The predicted octanol–water partition coefficient (Wildman–Crippen LogP) is 2.60. The SMILES string of the molecule is CN=C(NCCc1ccc(OC)c(OC)c1)NCCC1CCCO1.I. The molecule has 2 N–H and O–H groups in total. The lowest BCUT2D eigenvalue weighted by Crippen LogP contribution is -2.39. The molecule has 0 spiro atoms. The molecule has 1 heterocycles. The van der Waals surface area contributed by atoms with Gasteiger partial charge in [-0.25, -0.2) is 0 Å². The van der Waals surface area contributed by atoms with Crippen LogP contribution in [-0.4, -0.2) is 53.0 Å². The van der Waals surface area contributed by atoms with E-state index < -0.39 is 0 Å². The van der Waals surface area contributed by atoms with Gasteiger partial charge in [0.2, 0.25) is 0 Å². The van der Waals surface area contributed by atoms with Crippen molar-refractivity contribution >= 4 is 29.9 Å². The van der Waals surface area contributed by atoms with Crippen LogP contribution in [-0.2, 0) is 11.2 Å². The van der Waals surface area contributed by atoms with Gasteiger partial charge in [0.1, 0.15) is 0 Å². The van der Waals surface area contributed by atoms with Gasteiger partial charge in [0.25, 0.3) is 0 Å². The third-order valence-electron chi connectivity index (χ3n) is 4.16. The van der Waals surface area contributed by atoms with E-state index in [4.69, 9.17) is 14.2 Å². The average molecular weight is 463 g/mol. The highest BCUT2D eigenvalue weighted by molar-refractivity contribution is 14.0. The Morgan fingerprint density at radius 3 is 2.60 bits per heavy atom. The van der Waals surface area contributed by atoms with E-state index in [1.807, 2.05) is 12.1 Å². The van der Waals surface area contributed by atoms with Crippen LogP contribution in [0, 0.1) is 0 Å². The first-order chi connectivity index (χ1) is 11.8. The van der Waals surface area contributed by atoms with Crippen molar-refractivity contribution in [3.63, 3.8) is 0 Å². The summed E-state index contributed by atoms with van der Waals surface area (Å²) >= 11 is 0. The van der Waals surface area contributed by atoms with Crippen molar-refractivity contribution in [2.75, 3.05) is 41.0 Å². The van der Waals surface area contributed by atoms with E-state index in [-0.39, 0.29) is 24.0 Å². The van der Waals surface area contributed by atoms with Gasteiger partial charge in [0, 0.05) is 26.7 Å². The Morgan fingerprint density at radius 2 is 1.96 bits per heavy atom. The fourth-order valence-electron chi connectivity index (χ4n) is 2.81. The number of ether oxygens (including phenoxy) is 3. The summed E-state index contributed by atoms with van der Waals surface area (Å²) in [4.78, 5) is 4.25. The molecule has 6 nitrogen and oxygen atoms in total. The van der Waals surface area contributed by atoms with Crippen molar-refractivity contribution in [1.82, 2.24) is 10.6 Å². The highest BCUT2D eigenvalue weighted by Crippen LogP contribution is 2.27. The third kappa shape index (κ3) is 7.27. The summed E-state index contributed by atoms with van der Waals surface area (Å²) in [6.45, 7) is 2.58. The van der Waals surface area contributed by atoms with E-state index >= 15 is 0 Å². The number of methoxy groups -OCH3 is 2. The average Bonchev–Trinajstić information content (AvgIpc) is 3.13. The Morgan fingerprint density at radius 1 is 1.20 bits per heavy atom. The zero-order valence-electron chi connectivity index (χ0n) is 15.3. The number of aliphatic imine (C=N–C) groups is 1. The minimum absolute atomic E-state index is 0. The van der Waals surface area contributed by atoms with Gasteiger partial charge in [-0.2, -0.15) is 0 Å². The molecule has 0 saturated carbocycles. The Kier molecular flexibility index (Phi) is 10.6. The molecule has 2 rings (SSSR count). The summed E-state index contributed by atoms with van der Waals surface area (Å²) in [7, 11) is 5.09. The Balaban J connectivity index is 0.00000312. The lowest BCUT2D eigenvalue weighted by molar-refractivity contribution is 0.105. The number of rotatable bonds is 8. The molecule has 25 heavy (non-hydrogen) atoms. The molecule has 142 valence electrons. The molecule has 1 aliphatic rings. The van der Waals surface area contributed by atoms with Crippen molar-refractivity contribution in [2.45, 2.75) is 31.8 Å². The van der Waals surface area contributed by atoms with E-state index in [2.05, 4.69) is 21.7 Å². The van der Waals surface area contributed by atoms with Gasteiger partial charge in [0.15, 0.2) is 17.5 Å². The van der Waals surface area contributed by atoms with Crippen LogP contribution in [0.2, 0.25) is 0 Å². The normalized spacial score (nSPS) is 16.9. The number of halogens is 1. The van der Waals surface area contributed by atoms with Crippen LogP contribution in [0.25, 0.3) is 0 Å². The summed E-state index contributed by atoms with van der Waals surface area (Å²) < 4.78 is 16.2. The molecule has 0 amide bonds. The van der Waals surface area contributed by atoms with Crippen LogP contribution in [0.5, 0.6) is 11.5 Å². The zero-order chi connectivity index (χ0) is 17.2. The summed E-state index contributed by atoms with van der Waals surface area (Å²) in [5.74, 6) is 2.34. The Bertz CT molecular complexity index is 534. The number of benzene rings is 1. The van der Waals surface area contributed by atoms with Gasteiger partial charge in [-0.15, -0.1) is 24.0 Å². The molecule has 7 heteroatoms. The molecule has 1 unspecified atom stereocenters. The van der Waals surface area contributed by atoms with Crippen LogP contribution in [0.1, 0.15) is 24.8 Å². The number of hydrogen-bond donors (Lipinski definition) is 2. The van der Waals surface area contributed by atoms with Gasteiger partial charge < -0.3 is 24.8 Å². The smallest absolute Gasteiger partial charge is 0.190 e. The number of guanidine groups is 1. The second-order valence-electron chi connectivity index (χ2n) is 5.79. The first kappa shape index (κ1) is 21.8. The standard InChI is InChI=1S/C18H29N3O3.HI/c1-19-18(21-11-9-15-5-4-12-24-15)20-10-8-14-6-7-16(22-2)17(13-14)23-3;/h6-7,13,15H,4-5,8-12H2,1-3H3,(H2,19,20,21);1H. The zero-order valence-corrected chi connectivity index (χ0v) is 17.7. The number of nitrogens with zero attached hydrogens (tertiary/aromatic N) is 1. The highest BCUT2D eigenvalue weighted by Gasteiger charge is 2.14. The predicted molar refractivity (Wildman–Crippen MR) is 112 cm³/mol. The highest BCUT2D eigenvalue weighted by atomic mass is 127. The molecule has 0 aliphatic carbocycles. The molecule has 0 radical (unpaired) electrons. The topological polar surface area (TPSA) is 64.1 Å². The molecule has 1 saturated heterocycles. The van der Waals surface area contributed by atoms with Crippen molar-refractivity contribution in [3.05, 3.63) is 23.8 Å². The summed E-state index contributed by atoms with van der Waals surface area (Å²) in [6, 6.07) is 5.99. The molecule has 0 aromatic heterocycles. The van der Waals surface area contributed by atoms with E-state index in [1.54, 1.807) is 21.3 Å². The van der Waals surface area contributed by atoms with E-state index in [9.17, 15) is 0 Å². The minimum atomic E-state index is 0. The summed E-state index contributed by atoms with van der Waals surface area (Å²) in [5, 5.41) is 6.67. The maximum Gasteiger partial charge on any atom is 0.190 e. The molecule has 1 fully saturated rings. The fraction of sp³-hybridized carbons (Fsp3) is 0.611. The van der Waals surface area contributed by atoms with Crippen molar-refractivity contribution in [3.8, 4) is 11.5 Å². The molecular formula is C18H30IN3O3. The van der Waals surface area contributed by atoms with E-state index in [0.717, 1.165) is 50.0 Å². The van der Waals surface area contributed by atoms with Crippen molar-refractivity contribution in [2.24, 2.45) is 4.99 Å². The second kappa shape index (κ2) is 12.2. The van der Waals surface area contributed by atoms with Crippen LogP contribution in [0.4, 0.5) is 0 Å². The summed E-state index contributed by atoms with van der Waals surface area (Å²) in [5.41, 5.74) is 1.19. The molecule has 1 atom stereocenters. The maximum atomic E-state index is 5.63. The fourth-order valence-corrected chi connectivity index (χ4v) is 2.81. The molecule has 1 aromatic rings. The lowest BCUT2D eigenvalue weighted by Gasteiger charge is -2.14. The first-order valence-corrected chi connectivity index (χ1v) is 8.54. The molecule has 1 aliphatic heterocycles. The minimum Gasteiger partial charge on any atom is -0.493 e. The molecule has 0 bridgehead atoms. The van der Waals surface area contributed by atoms with Gasteiger partial charge in [-0.1, -0.05) is 6.07 Å².